The Labute approximate surface area is 173 Å². The van der Waals surface area contributed by atoms with Crippen molar-refractivity contribution in [2.24, 2.45) is 0 Å². The summed E-state index contributed by atoms with van der Waals surface area (Å²) in [4.78, 5) is 12.0. The first-order valence-electron chi connectivity index (χ1n) is 10.0. The molecule has 0 aliphatic rings. The van der Waals surface area contributed by atoms with Gasteiger partial charge in [0.2, 0.25) is 5.88 Å². The van der Waals surface area contributed by atoms with Crippen molar-refractivity contribution in [3.63, 3.8) is 0 Å². The zero-order valence-electron chi connectivity index (χ0n) is 17.1. The van der Waals surface area contributed by atoms with Crippen LogP contribution in [-0.2, 0) is 22.2 Å². The highest BCUT2D eigenvalue weighted by Crippen LogP contribution is 2.38. The number of hydrogen-bond acceptors (Lipinski definition) is 6. The molecular formula is C21H29N4O3P. The van der Waals surface area contributed by atoms with Crippen LogP contribution in [-0.4, -0.2) is 40.9 Å². The molecule has 3 rings (SSSR count). The lowest BCUT2D eigenvalue weighted by Crippen LogP contribution is -2.15. The molecule has 0 bridgehead atoms. The molecule has 7 nitrogen and oxygen atoms in total. The second kappa shape index (κ2) is 11.8. The molecule has 0 fully saturated rings. The van der Waals surface area contributed by atoms with E-state index in [4.69, 9.17) is 13.8 Å². The minimum Gasteiger partial charge on any atom is -0.471 e. The van der Waals surface area contributed by atoms with Crippen LogP contribution in [0.5, 0.6) is 5.88 Å². The second-order valence-electron chi connectivity index (χ2n) is 6.41. The van der Waals surface area contributed by atoms with Crippen LogP contribution in [0.15, 0.2) is 42.9 Å². The van der Waals surface area contributed by atoms with Gasteiger partial charge in [-0.15, -0.1) is 0 Å². The zero-order valence-corrected chi connectivity index (χ0v) is 18.0. The van der Waals surface area contributed by atoms with Crippen LogP contribution >= 0.6 is 8.38 Å². The highest BCUT2D eigenvalue weighted by atomic mass is 31.2. The number of fused-ring (bicyclic) bond motifs is 1. The largest absolute Gasteiger partial charge is 0.471 e. The molecule has 0 amide bonds. The molecule has 2 N–H and O–H groups in total. The fourth-order valence-corrected chi connectivity index (χ4v) is 4.28. The van der Waals surface area contributed by atoms with Crippen molar-refractivity contribution in [1.82, 2.24) is 20.3 Å². The van der Waals surface area contributed by atoms with E-state index >= 15 is 0 Å². The van der Waals surface area contributed by atoms with Gasteiger partial charge in [0.1, 0.15) is 18.5 Å². The van der Waals surface area contributed by atoms with E-state index in [2.05, 4.69) is 20.3 Å². The Bertz CT molecular complexity index is 854. The van der Waals surface area contributed by atoms with Gasteiger partial charge in [-0.2, -0.15) is 4.98 Å². The summed E-state index contributed by atoms with van der Waals surface area (Å²) in [6, 6.07) is 10.1. The van der Waals surface area contributed by atoms with Gasteiger partial charge in [-0.25, -0.2) is 4.98 Å². The number of aromatic nitrogens is 3. The van der Waals surface area contributed by atoms with Crippen LogP contribution in [0.4, 0.5) is 0 Å². The van der Waals surface area contributed by atoms with Crippen molar-refractivity contribution in [3.8, 4) is 5.88 Å². The summed E-state index contributed by atoms with van der Waals surface area (Å²) in [5, 5.41) is 3.47. The number of nitrogens with one attached hydrogen (secondary N) is 2. The van der Waals surface area contributed by atoms with Gasteiger partial charge in [-0.3, -0.25) is 0 Å². The van der Waals surface area contributed by atoms with E-state index in [1.165, 1.54) is 0 Å². The molecule has 2 heterocycles. The van der Waals surface area contributed by atoms with Crippen LogP contribution in [0.1, 0.15) is 31.4 Å². The van der Waals surface area contributed by atoms with Gasteiger partial charge in [0.05, 0.1) is 18.7 Å². The van der Waals surface area contributed by atoms with E-state index in [-0.39, 0.29) is 0 Å². The highest BCUT2D eigenvalue weighted by Gasteiger charge is 2.12. The van der Waals surface area contributed by atoms with E-state index in [0.717, 1.165) is 47.8 Å². The predicted octanol–water partition coefficient (Wildman–Crippen LogP) is 4.40. The number of ether oxygens (including phenoxy) is 1. The monoisotopic (exact) mass is 416 g/mol. The Kier molecular flexibility index (Phi) is 8.83. The maximum atomic E-state index is 5.91. The van der Waals surface area contributed by atoms with E-state index in [0.29, 0.717) is 25.7 Å². The van der Waals surface area contributed by atoms with Crippen molar-refractivity contribution in [2.45, 2.75) is 33.4 Å². The Morgan fingerprint density at radius 3 is 2.62 bits per heavy atom. The summed E-state index contributed by atoms with van der Waals surface area (Å²) in [6.45, 7) is 7.50. The third kappa shape index (κ3) is 6.47. The minimum atomic E-state index is -0.762. The summed E-state index contributed by atoms with van der Waals surface area (Å²) in [5.74, 6) is 0.573. The molecule has 0 aliphatic heterocycles. The molecule has 0 unspecified atom stereocenters. The molecule has 0 saturated heterocycles. The minimum absolute atomic E-state index is 0.474. The zero-order chi connectivity index (χ0) is 20.3. The van der Waals surface area contributed by atoms with Gasteiger partial charge >= 0.3 is 0 Å². The number of benzene rings is 1. The first kappa shape index (κ1) is 21.7. The van der Waals surface area contributed by atoms with Crippen LogP contribution in [0, 0.1) is 0 Å². The summed E-state index contributed by atoms with van der Waals surface area (Å²) in [5.41, 5.74) is 3.92. The van der Waals surface area contributed by atoms with Crippen molar-refractivity contribution >= 4 is 19.4 Å². The number of nitrogens with zero attached hydrogens (tertiary/aromatic N) is 2. The lowest BCUT2D eigenvalue weighted by molar-refractivity contribution is 0.269. The van der Waals surface area contributed by atoms with Gasteiger partial charge < -0.3 is 24.1 Å². The lowest BCUT2D eigenvalue weighted by Gasteiger charge is -2.15. The molecule has 0 atom stereocenters. The molecule has 1 aromatic carbocycles. The molecular weight excluding hydrogens is 387 g/mol. The van der Waals surface area contributed by atoms with Gasteiger partial charge in [-0.05, 0) is 32.4 Å². The number of hydrogen-bond donors (Lipinski definition) is 2. The van der Waals surface area contributed by atoms with Crippen molar-refractivity contribution in [2.75, 3.05) is 25.9 Å². The van der Waals surface area contributed by atoms with Crippen LogP contribution in [0.2, 0.25) is 0 Å². The van der Waals surface area contributed by atoms with E-state index < -0.39 is 8.38 Å². The van der Waals surface area contributed by atoms with Gasteiger partial charge in [-0.1, -0.05) is 30.3 Å². The van der Waals surface area contributed by atoms with Gasteiger partial charge in [0, 0.05) is 24.5 Å². The normalized spacial score (nSPS) is 11.4. The summed E-state index contributed by atoms with van der Waals surface area (Å²) < 4.78 is 17.2. The fourth-order valence-electron chi connectivity index (χ4n) is 2.95. The molecule has 0 aliphatic carbocycles. The third-order valence-electron chi connectivity index (χ3n) is 4.28. The molecule has 3 aromatic rings. The Balaban J connectivity index is 1.50. The molecule has 0 saturated carbocycles. The molecule has 8 heteroatoms. The van der Waals surface area contributed by atoms with Crippen LogP contribution < -0.4 is 10.1 Å². The SMILES string of the molecule is CCOP(CCCNCc1c[nH]c2c(OCc3ccccc3)ncnc12)OCC. The van der Waals surface area contributed by atoms with Crippen molar-refractivity contribution < 1.29 is 13.8 Å². The van der Waals surface area contributed by atoms with E-state index in [9.17, 15) is 0 Å². The van der Waals surface area contributed by atoms with Gasteiger partial charge in [0.25, 0.3) is 0 Å². The standard InChI is InChI=1S/C21H29N4O3P/c1-3-27-29(28-4-2)12-8-11-22-13-18-14-23-20-19(18)24-16-25-21(20)26-15-17-9-6-5-7-10-17/h5-7,9-10,14,16,22-23H,3-4,8,11-13,15H2,1-2H3. The summed E-state index contributed by atoms with van der Waals surface area (Å²) in [7, 11) is -0.762. The average molecular weight is 416 g/mol. The fraction of sp³-hybridized carbons (Fsp3) is 0.429. The average Bonchev–Trinajstić information content (AvgIpc) is 3.17. The highest BCUT2D eigenvalue weighted by molar-refractivity contribution is 7.47. The maximum Gasteiger partial charge on any atom is 0.241 e. The van der Waals surface area contributed by atoms with Crippen LogP contribution in [0.3, 0.4) is 0 Å². The topological polar surface area (TPSA) is 81.3 Å². The quantitative estimate of drug-likeness (QED) is 0.317. The first-order chi connectivity index (χ1) is 14.3. The molecule has 2 aromatic heterocycles. The summed E-state index contributed by atoms with van der Waals surface area (Å²) in [6.07, 6.45) is 5.47. The molecule has 0 spiro atoms. The Morgan fingerprint density at radius 1 is 1.07 bits per heavy atom. The van der Waals surface area contributed by atoms with E-state index in [1.807, 2.05) is 50.4 Å². The van der Waals surface area contributed by atoms with Crippen molar-refractivity contribution in [1.29, 1.82) is 0 Å². The lowest BCUT2D eigenvalue weighted by atomic mass is 10.2. The van der Waals surface area contributed by atoms with Gasteiger partial charge in [0.15, 0.2) is 8.38 Å². The second-order valence-corrected chi connectivity index (χ2v) is 8.04. The molecule has 0 radical (unpaired) electrons. The Hall–Kier alpha value is -2.05. The van der Waals surface area contributed by atoms with Crippen molar-refractivity contribution in [3.05, 3.63) is 54.0 Å². The number of rotatable bonds is 13. The Morgan fingerprint density at radius 2 is 1.86 bits per heavy atom. The molecule has 29 heavy (non-hydrogen) atoms. The molecule has 156 valence electrons. The number of H-pyrrole nitrogens is 1. The third-order valence-corrected chi connectivity index (χ3v) is 6.06. The predicted molar refractivity (Wildman–Crippen MR) is 116 cm³/mol. The first-order valence-corrected chi connectivity index (χ1v) is 11.4. The van der Waals surface area contributed by atoms with E-state index in [1.54, 1.807) is 6.33 Å². The maximum absolute atomic E-state index is 5.91. The summed E-state index contributed by atoms with van der Waals surface area (Å²) >= 11 is 0. The van der Waals surface area contributed by atoms with Crippen LogP contribution in [0.25, 0.3) is 11.0 Å². The number of aromatic amines is 1. The smallest absolute Gasteiger partial charge is 0.241 e.